The highest BCUT2D eigenvalue weighted by molar-refractivity contribution is 5.76. The van der Waals surface area contributed by atoms with Gasteiger partial charge < -0.3 is 10.2 Å². The SMILES string of the molecule is CC1(C)CCN(C(=O)CC2CCCNC2)CC1. The van der Waals surface area contributed by atoms with Gasteiger partial charge in [-0.1, -0.05) is 13.8 Å². The van der Waals surface area contributed by atoms with Crippen LogP contribution in [-0.4, -0.2) is 37.0 Å². The molecule has 2 saturated heterocycles. The average Bonchev–Trinajstić information content (AvgIpc) is 2.30. The molecule has 2 aliphatic rings. The van der Waals surface area contributed by atoms with E-state index in [-0.39, 0.29) is 0 Å². The van der Waals surface area contributed by atoms with Crippen LogP contribution in [0.15, 0.2) is 0 Å². The van der Waals surface area contributed by atoms with E-state index in [9.17, 15) is 4.79 Å². The minimum Gasteiger partial charge on any atom is -0.343 e. The van der Waals surface area contributed by atoms with Gasteiger partial charge in [0.25, 0.3) is 0 Å². The Morgan fingerprint density at radius 2 is 2.06 bits per heavy atom. The molecule has 98 valence electrons. The number of amides is 1. The molecule has 0 saturated carbocycles. The van der Waals surface area contributed by atoms with Crippen LogP contribution in [0.2, 0.25) is 0 Å². The number of nitrogens with zero attached hydrogens (tertiary/aromatic N) is 1. The lowest BCUT2D eigenvalue weighted by Crippen LogP contribution is -2.42. The first-order valence-electron chi connectivity index (χ1n) is 7.05. The number of carbonyl (C=O) groups excluding carboxylic acids is 1. The molecule has 3 heteroatoms. The highest BCUT2D eigenvalue weighted by Crippen LogP contribution is 2.30. The summed E-state index contributed by atoms with van der Waals surface area (Å²) in [6.45, 7) is 8.70. The largest absolute Gasteiger partial charge is 0.343 e. The fraction of sp³-hybridized carbons (Fsp3) is 0.929. The summed E-state index contributed by atoms with van der Waals surface area (Å²) in [5.41, 5.74) is 0.434. The van der Waals surface area contributed by atoms with Gasteiger partial charge in [0.05, 0.1) is 0 Å². The molecule has 1 N–H and O–H groups in total. The summed E-state index contributed by atoms with van der Waals surface area (Å²) in [7, 11) is 0. The van der Waals surface area contributed by atoms with E-state index in [0.717, 1.165) is 45.4 Å². The Hall–Kier alpha value is -0.570. The Bertz CT molecular complexity index is 259. The zero-order valence-corrected chi connectivity index (χ0v) is 11.3. The van der Waals surface area contributed by atoms with Gasteiger partial charge in [-0.15, -0.1) is 0 Å². The first kappa shape index (κ1) is 12.9. The number of rotatable bonds is 2. The second kappa shape index (κ2) is 5.38. The molecule has 2 aliphatic heterocycles. The van der Waals surface area contributed by atoms with Gasteiger partial charge in [-0.25, -0.2) is 0 Å². The van der Waals surface area contributed by atoms with E-state index in [1.807, 2.05) is 0 Å². The Morgan fingerprint density at radius 3 is 2.65 bits per heavy atom. The molecule has 0 aromatic rings. The third-order valence-corrected chi connectivity index (χ3v) is 4.33. The van der Waals surface area contributed by atoms with Crippen LogP contribution in [0, 0.1) is 11.3 Å². The number of carbonyl (C=O) groups is 1. The zero-order valence-electron chi connectivity index (χ0n) is 11.3. The van der Waals surface area contributed by atoms with Crippen molar-refractivity contribution >= 4 is 5.91 Å². The van der Waals surface area contributed by atoms with Gasteiger partial charge in [0.15, 0.2) is 0 Å². The van der Waals surface area contributed by atoms with Gasteiger partial charge in [-0.2, -0.15) is 0 Å². The van der Waals surface area contributed by atoms with Gasteiger partial charge in [0.1, 0.15) is 0 Å². The number of hydrogen-bond donors (Lipinski definition) is 1. The van der Waals surface area contributed by atoms with Crippen LogP contribution in [0.1, 0.15) is 46.0 Å². The average molecular weight is 238 g/mol. The van der Waals surface area contributed by atoms with E-state index in [1.54, 1.807) is 0 Å². The maximum Gasteiger partial charge on any atom is 0.222 e. The number of likely N-dealkylation sites (tertiary alicyclic amines) is 1. The lowest BCUT2D eigenvalue weighted by molar-refractivity contribution is -0.134. The monoisotopic (exact) mass is 238 g/mol. The minimum atomic E-state index is 0.384. The van der Waals surface area contributed by atoms with Gasteiger partial charge in [-0.05, 0) is 50.1 Å². The summed E-state index contributed by atoms with van der Waals surface area (Å²) in [6.07, 6.45) is 5.51. The molecule has 0 spiro atoms. The third kappa shape index (κ3) is 3.70. The fourth-order valence-corrected chi connectivity index (χ4v) is 2.84. The molecule has 1 unspecified atom stereocenters. The molecule has 1 atom stereocenters. The predicted molar refractivity (Wildman–Crippen MR) is 69.8 cm³/mol. The standard InChI is InChI=1S/C14H26N2O/c1-14(2)5-8-16(9-6-14)13(17)10-12-4-3-7-15-11-12/h12,15H,3-11H2,1-2H3. The first-order chi connectivity index (χ1) is 8.07. The molecule has 0 aliphatic carbocycles. The quantitative estimate of drug-likeness (QED) is 0.798. The summed E-state index contributed by atoms with van der Waals surface area (Å²) < 4.78 is 0. The van der Waals surface area contributed by atoms with Gasteiger partial charge >= 0.3 is 0 Å². The Labute approximate surface area is 105 Å². The molecule has 1 amide bonds. The summed E-state index contributed by atoms with van der Waals surface area (Å²) in [4.78, 5) is 14.3. The van der Waals surface area contributed by atoms with Crippen molar-refractivity contribution in [2.75, 3.05) is 26.2 Å². The molecule has 2 rings (SSSR count). The van der Waals surface area contributed by atoms with E-state index in [0.29, 0.717) is 17.2 Å². The molecule has 2 fully saturated rings. The van der Waals surface area contributed by atoms with Crippen molar-refractivity contribution in [2.24, 2.45) is 11.3 Å². The second-order valence-electron chi connectivity index (χ2n) is 6.46. The highest BCUT2D eigenvalue weighted by atomic mass is 16.2. The Balaban J connectivity index is 1.76. The summed E-state index contributed by atoms with van der Waals surface area (Å²) >= 11 is 0. The van der Waals surface area contributed by atoms with Crippen LogP contribution in [0.3, 0.4) is 0 Å². The molecular formula is C14H26N2O. The number of hydrogen-bond acceptors (Lipinski definition) is 2. The van der Waals surface area contributed by atoms with Crippen molar-refractivity contribution in [3.63, 3.8) is 0 Å². The topological polar surface area (TPSA) is 32.3 Å². The van der Waals surface area contributed by atoms with Gasteiger partial charge in [0, 0.05) is 19.5 Å². The van der Waals surface area contributed by atoms with Crippen LogP contribution >= 0.6 is 0 Å². The molecule has 0 aromatic heterocycles. The fourth-order valence-electron chi connectivity index (χ4n) is 2.84. The summed E-state index contributed by atoms with van der Waals surface area (Å²) in [5, 5.41) is 3.39. The van der Waals surface area contributed by atoms with Crippen LogP contribution in [-0.2, 0) is 4.79 Å². The van der Waals surface area contributed by atoms with E-state index in [1.165, 1.54) is 12.8 Å². The van der Waals surface area contributed by atoms with Crippen molar-refractivity contribution in [3.05, 3.63) is 0 Å². The number of piperidine rings is 2. The smallest absolute Gasteiger partial charge is 0.222 e. The second-order valence-corrected chi connectivity index (χ2v) is 6.46. The third-order valence-electron chi connectivity index (χ3n) is 4.33. The number of nitrogens with one attached hydrogen (secondary N) is 1. The first-order valence-corrected chi connectivity index (χ1v) is 7.05. The van der Waals surface area contributed by atoms with E-state index in [4.69, 9.17) is 0 Å². The van der Waals surface area contributed by atoms with E-state index >= 15 is 0 Å². The molecule has 3 nitrogen and oxygen atoms in total. The lowest BCUT2D eigenvalue weighted by atomic mass is 9.82. The molecule has 0 bridgehead atoms. The van der Waals surface area contributed by atoms with Gasteiger partial charge in [0.2, 0.25) is 5.91 Å². The van der Waals surface area contributed by atoms with Crippen molar-refractivity contribution < 1.29 is 4.79 Å². The van der Waals surface area contributed by atoms with Crippen LogP contribution < -0.4 is 5.32 Å². The van der Waals surface area contributed by atoms with Crippen LogP contribution in [0.25, 0.3) is 0 Å². The highest BCUT2D eigenvalue weighted by Gasteiger charge is 2.28. The van der Waals surface area contributed by atoms with Crippen LogP contribution in [0.5, 0.6) is 0 Å². The Morgan fingerprint density at radius 1 is 1.35 bits per heavy atom. The molecule has 0 radical (unpaired) electrons. The van der Waals surface area contributed by atoms with E-state index < -0.39 is 0 Å². The van der Waals surface area contributed by atoms with Crippen molar-refractivity contribution in [1.82, 2.24) is 10.2 Å². The summed E-state index contributed by atoms with van der Waals surface area (Å²) in [6, 6.07) is 0. The maximum absolute atomic E-state index is 12.2. The molecule has 2 heterocycles. The molecule has 0 aromatic carbocycles. The predicted octanol–water partition coefficient (Wildman–Crippen LogP) is 2.02. The lowest BCUT2D eigenvalue weighted by Gasteiger charge is -2.37. The minimum absolute atomic E-state index is 0.384. The van der Waals surface area contributed by atoms with E-state index in [2.05, 4.69) is 24.1 Å². The van der Waals surface area contributed by atoms with Gasteiger partial charge in [-0.3, -0.25) is 4.79 Å². The molecular weight excluding hydrogens is 212 g/mol. The Kier molecular flexibility index (Phi) is 4.08. The van der Waals surface area contributed by atoms with Crippen molar-refractivity contribution in [2.45, 2.75) is 46.0 Å². The maximum atomic E-state index is 12.2. The van der Waals surface area contributed by atoms with Crippen molar-refractivity contribution in [1.29, 1.82) is 0 Å². The normalized spacial score (nSPS) is 29.1. The molecule has 17 heavy (non-hydrogen) atoms. The van der Waals surface area contributed by atoms with Crippen molar-refractivity contribution in [3.8, 4) is 0 Å². The van der Waals surface area contributed by atoms with Crippen LogP contribution in [0.4, 0.5) is 0 Å². The zero-order chi connectivity index (χ0) is 12.3. The summed E-state index contributed by atoms with van der Waals surface area (Å²) in [5.74, 6) is 0.959.